The third kappa shape index (κ3) is 2.57. The maximum atomic E-state index is 12.2. The minimum atomic E-state index is 0.116. The molecule has 0 aliphatic heterocycles. The van der Waals surface area contributed by atoms with E-state index in [1.807, 2.05) is 19.1 Å². The van der Waals surface area contributed by atoms with Crippen molar-refractivity contribution in [3.05, 3.63) is 41.2 Å². The average Bonchev–Trinajstić information content (AvgIpc) is 2.56. The number of allylic oxidation sites excluding steroid dienone is 2. The van der Waals surface area contributed by atoms with Gasteiger partial charge in [0.05, 0.1) is 0 Å². The van der Waals surface area contributed by atoms with Crippen molar-refractivity contribution >= 4 is 5.78 Å². The van der Waals surface area contributed by atoms with E-state index in [1.54, 1.807) is 6.20 Å². The molecule has 1 aliphatic carbocycles. The van der Waals surface area contributed by atoms with Crippen LogP contribution in [-0.4, -0.2) is 10.8 Å². The van der Waals surface area contributed by atoms with Gasteiger partial charge in [-0.2, -0.15) is 0 Å². The summed E-state index contributed by atoms with van der Waals surface area (Å²) in [4.78, 5) is 16.3. The molecule has 0 spiro atoms. The molecule has 2 heteroatoms. The SMILES string of the molecule is Cc1ccnc(C(=O)C2=CCCCCC2)c1. The summed E-state index contributed by atoms with van der Waals surface area (Å²) in [6.45, 7) is 1.99. The molecular weight excluding hydrogens is 198 g/mol. The molecule has 1 aliphatic rings. The van der Waals surface area contributed by atoms with Gasteiger partial charge in [-0.25, -0.2) is 0 Å². The van der Waals surface area contributed by atoms with Gasteiger partial charge in [-0.1, -0.05) is 12.5 Å². The van der Waals surface area contributed by atoms with E-state index >= 15 is 0 Å². The van der Waals surface area contributed by atoms with Crippen molar-refractivity contribution in [2.45, 2.75) is 39.0 Å². The number of nitrogens with zero attached hydrogens (tertiary/aromatic N) is 1. The van der Waals surface area contributed by atoms with Crippen LogP contribution in [0.4, 0.5) is 0 Å². The van der Waals surface area contributed by atoms with Gasteiger partial charge in [0.1, 0.15) is 5.69 Å². The van der Waals surface area contributed by atoms with E-state index in [0.717, 1.165) is 30.4 Å². The molecule has 0 radical (unpaired) electrons. The lowest BCUT2D eigenvalue weighted by molar-refractivity contribution is 0.102. The Balaban J connectivity index is 2.21. The van der Waals surface area contributed by atoms with E-state index < -0.39 is 0 Å². The van der Waals surface area contributed by atoms with Gasteiger partial charge in [0, 0.05) is 6.20 Å². The number of hydrogen-bond acceptors (Lipinski definition) is 2. The van der Waals surface area contributed by atoms with Gasteiger partial charge < -0.3 is 0 Å². The van der Waals surface area contributed by atoms with Crippen LogP contribution in [0.25, 0.3) is 0 Å². The Morgan fingerprint density at radius 2 is 2.19 bits per heavy atom. The first-order valence-corrected chi connectivity index (χ1v) is 5.94. The highest BCUT2D eigenvalue weighted by Crippen LogP contribution is 2.20. The van der Waals surface area contributed by atoms with Gasteiger partial charge in [-0.3, -0.25) is 9.78 Å². The zero-order valence-electron chi connectivity index (χ0n) is 9.70. The Labute approximate surface area is 96.4 Å². The number of pyridine rings is 1. The van der Waals surface area contributed by atoms with Crippen molar-refractivity contribution < 1.29 is 4.79 Å². The topological polar surface area (TPSA) is 30.0 Å². The van der Waals surface area contributed by atoms with E-state index in [0.29, 0.717) is 5.69 Å². The smallest absolute Gasteiger partial charge is 0.207 e. The molecule has 0 aromatic carbocycles. The summed E-state index contributed by atoms with van der Waals surface area (Å²) in [5.41, 5.74) is 2.64. The van der Waals surface area contributed by atoms with Crippen LogP contribution in [0.5, 0.6) is 0 Å². The first-order valence-electron chi connectivity index (χ1n) is 5.94. The predicted molar refractivity (Wildman–Crippen MR) is 64.5 cm³/mol. The van der Waals surface area contributed by atoms with Crippen LogP contribution in [0.2, 0.25) is 0 Å². The molecule has 1 aromatic rings. The van der Waals surface area contributed by atoms with Gasteiger partial charge in [0.15, 0.2) is 0 Å². The molecule has 84 valence electrons. The summed E-state index contributed by atoms with van der Waals surface area (Å²) in [5.74, 6) is 0.116. The van der Waals surface area contributed by atoms with Crippen molar-refractivity contribution in [2.75, 3.05) is 0 Å². The number of aromatic nitrogens is 1. The van der Waals surface area contributed by atoms with E-state index in [1.165, 1.54) is 12.8 Å². The molecule has 0 saturated heterocycles. The van der Waals surface area contributed by atoms with Crippen LogP contribution >= 0.6 is 0 Å². The van der Waals surface area contributed by atoms with Crippen LogP contribution in [0.1, 0.15) is 48.2 Å². The highest BCUT2D eigenvalue weighted by atomic mass is 16.1. The first-order chi connectivity index (χ1) is 7.77. The van der Waals surface area contributed by atoms with Gasteiger partial charge >= 0.3 is 0 Å². The second-order valence-electron chi connectivity index (χ2n) is 4.38. The van der Waals surface area contributed by atoms with Gasteiger partial charge in [0.2, 0.25) is 5.78 Å². The third-order valence-corrected chi connectivity index (χ3v) is 2.98. The minimum Gasteiger partial charge on any atom is -0.287 e. The van der Waals surface area contributed by atoms with Gasteiger partial charge in [0.25, 0.3) is 0 Å². The van der Waals surface area contributed by atoms with Crippen molar-refractivity contribution in [1.82, 2.24) is 4.98 Å². The Kier molecular flexibility index (Phi) is 3.50. The van der Waals surface area contributed by atoms with Crippen LogP contribution in [0.3, 0.4) is 0 Å². The summed E-state index contributed by atoms with van der Waals surface area (Å²) in [6, 6.07) is 3.78. The maximum Gasteiger partial charge on any atom is 0.207 e. The fourth-order valence-corrected chi connectivity index (χ4v) is 2.05. The number of hydrogen-bond donors (Lipinski definition) is 0. The fourth-order valence-electron chi connectivity index (χ4n) is 2.05. The Bertz CT molecular complexity index is 420. The number of carbonyl (C=O) groups excluding carboxylic acids is 1. The molecular formula is C14H17NO. The molecule has 0 amide bonds. The molecule has 0 N–H and O–H groups in total. The van der Waals surface area contributed by atoms with E-state index in [-0.39, 0.29) is 5.78 Å². The van der Waals surface area contributed by atoms with Gasteiger partial charge in [-0.15, -0.1) is 0 Å². The van der Waals surface area contributed by atoms with E-state index in [9.17, 15) is 4.79 Å². The number of Topliss-reactive ketones (excluding diaryl/α,β-unsaturated/α-hetero) is 1. The number of carbonyl (C=O) groups is 1. The largest absolute Gasteiger partial charge is 0.287 e. The van der Waals surface area contributed by atoms with Crippen LogP contribution < -0.4 is 0 Å². The van der Waals surface area contributed by atoms with Crippen LogP contribution in [0.15, 0.2) is 30.0 Å². The number of aryl methyl sites for hydroxylation is 1. The molecule has 0 saturated carbocycles. The maximum absolute atomic E-state index is 12.2. The first kappa shape index (κ1) is 11.1. The third-order valence-electron chi connectivity index (χ3n) is 2.98. The number of rotatable bonds is 2. The Morgan fingerprint density at radius 3 is 3.00 bits per heavy atom. The predicted octanol–water partition coefficient (Wildman–Crippen LogP) is 3.46. The Morgan fingerprint density at radius 1 is 1.31 bits per heavy atom. The summed E-state index contributed by atoms with van der Waals surface area (Å²) in [7, 11) is 0. The quantitative estimate of drug-likeness (QED) is 0.707. The molecule has 2 nitrogen and oxygen atoms in total. The molecule has 0 fully saturated rings. The standard InChI is InChI=1S/C14H17NO/c1-11-8-9-15-13(10-11)14(16)12-6-4-2-3-5-7-12/h6,8-10H,2-5,7H2,1H3. The zero-order valence-corrected chi connectivity index (χ0v) is 9.70. The van der Waals surface area contributed by atoms with Gasteiger partial charge in [-0.05, 0) is 55.9 Å². The molecule has 0 atom stereocenters. The van der Waals surface area contributed by atoms with Crippen molar-refractivity contribution in [2.24, 2.45) is 0 Å². The molecule has 0 unspecified atom stereocenters. The lowest BCUT2D eigenvalue weighted by atomic mass is 10.0. The van der Waals surface area contributed by atoms with Crippen LogP contribution in [0, 0.1) is 6.92 Å². The van der Waals surface area contributed by atoms with Crippen LogP contribution in [-0.2, 0) is 0 Å². The highest BCUT2D eigenvalue weighted by molar-refractivity contribution is 6.07. The molecule has 0 bridgehead atoms. The Hall–Kier alpha value is -1.44. The van der Waals surface area contributed by atoms with Crippen molar-refractivity contribution in [3.8, 4) is 0 Å². The summed E-state index contributed by atoms with van der Waals surface area (Å²) < 4.78 is 0. The monoisotopic (exact) mass is 215 g/mol. The fraction of sp³-hybridized carbons (Fsp3) is 0.429. The average molecular weight is 215 g/mol. The summed E-state index contributed by atoms with van der Waals surface area (Å²) >= 11 is 0. The van der Waals surface area contributed by atoms with Crippen molar-refractivity contribution in [1.29, 1.82) is 0 Å². The highest BCUT2D eigenvalue weighted by Gasteiger charge is 2.14. The zero-order chi connectivity index (χ0) is 11.4. The molecule has 1 aromatic heterocycles. The lowest BCUT2D eigenvalue weighted by Crippen LogP contribution is -2.05. The molecule has 1 heterocycles. The van der Waals surface area contributed by atoms with Crippen molar-refractivity contribution in [3.63, 3.8) is 0 Å². The summed E-state index contributed by atoms with van der Waals surface area (Å²) in [6.07, 6.45) is 9.32. The molecule has 16 heavy (non-hydrogen) atoms. The second kappa shape index (κ2) is 5.06. The number of ketones is 1. The lowest BCUT2D eigenvalue weighted by Gasteiger charge is -2.04. The normalized spacial score (nSPS) is 16.4. The van der Waals surface area contributed by atoms with E-state index in [4.69, 9.17) is 0 Å². The van der Waals surface area contributed by atoms with E-state index in [2.05, 4.69) is 11.1 Å². The minimum absolute atomic E-state index is 0.116. The summed E-state index contributed by atoms with van der Waals surface area (Å²) in [5, 5.41) is 0. The molecule has 2 rings (SSSR count). The second-order valence-corrected chi connectivity index (χ2v) is 4.38.